The molecule has 2 aromatic rings. The molecule has 16 heteroatoms. The Morgan fingerprint density at radius 1 is 0.975 bits per heavy atom. The van der Waals surface area contributed by atoms with Gasteiger partial charge in [0.2, 0.25) is 5.91 Å². The van der Waals surface area contributed by atoms with E-state index in [0.717, 1.165) is 24.3 Å². The smallest absolute Gasteiger partial charge is 0.345 e. The number of hydrogen-bond donors (Lipinski definition) is 2. The molecule has 0 spiro atoms. The molecule has 1 saturated carbocycles. The highest BCUT2D eigenvalue weighted by Gasteiger charge is 2.52. The normalized spacial score (nSPS) is 16.1. The van der Waals surface area contributed by atoms with Gasteiger partial charge in [-0.1, -0.05) is 41.4 Å². The van der Waals surface area contributed by atoms with Gasteiger partial charge >= 0.3 is 18.5 Å². The summed E-state index contributed by atoms with van der Waals surface area (Å²) in [6, 6.07) is 4.06. The molecule has 4 nitrogen and oxygen atoms in total. The molecule has 0 radical (unpaired) electrons. The SMILES string of the molecule is O=C(NC1(C(=O)NCC(F)(F)F)CC1)c1ccc(C=CC(c2cc(Cl)c(Br)c(Cl)c2)C(F)(F)F)cc1C(F)(F)F. The highest BCUT2D eigenvalue weighted by atomic mass is 79.9. The first kappa shape index (κ1) is 32.1. The molecule has 2 amide bonds. The molecule has 2 N–H and O–H groups in total. The van der Waals surface area contributed by atoms with Crippen LogP contribution in [0.2, 0.25) is 10.0 Å². The Morgan fingerprint density at radius 2 is 1.55 bits per heavy atom. The molecule has 0 saturated heterocycles. The lowest BCUT2D eigenvalue weighted by molar-refractivity contribution is -0.140. The van der Waals surface area contributed by atoms with Crippen molar-refractivity contribution in [2.75, 3.05) is 6.54 Å². The summed E-state index contributed by atoms with van der Waals surface area (Å²) in [5.41, 5.74) is -5.05. The molecular formula is C24H16BrCl2F9N2O2. The molecule has 218 valence electrons. The first-order valence-electron chi connectivity index (χ1n) is 11.0. The zero-order valence-electron chi connectivity index (χ0n) is 19.6. The Morgan fingerprint density at radius 3 is 2.02 bits per heavy atom. The van der Waals surface area contributed by atoms with Crippen LogP contribution in [0.3, 0.4) is 0 Å². The predicted molar refractivity (Wildman–Crippen MR) is 132 cm³/mol. The van der Waals surface area contributed by atoms with Crippen LogP contribution in [-0.4, -0.2) is 36.3 Å². The largest absolute Gasteiger partial charge is 0.417 e. The Labute approximate surface area is 239 Å². The summed E-state index contributed by atoms with van der Waals surface area (Å²) in [6.07, 6.45) is -13.6. The molecule has 3 rings (SSSR count). The average molecular weight is 686 g/mol. The number of alkyl halides is 9. The summed E-state index contributed by atoms with van der Waals surface area (Å²) in [5, 5.41) is 3.37. The van der Waals surface area contributed by atoms with E-state index in [9.17, 15) is 49.1 Å². The minimum absolute atomic E-state index is 0.104. The van der Waals surface area contributed by atoms with Gasteiger partial charge < -0.3 is 10.6 Å². The Hall–Kier alpha value is -2.45. The minimum atomic E-state index is -5.15. The standard InChI is InChI=1S/C24H16BrCl2F9N2O2/c25-18-16(26)8-12(9-17(18)27)14(23(31,32)33)4-2-11-1-3-13(15(7-11)24(34,35)36)19(39)38-21(5-6-21)20(40)37-10-22(28,29)30/h1-4,7-9,14H,5-6,10H2,(H,37,40)(H,38,39). The Bertz CT molecular complexity index is 1310. The molecule has 1 fully saturated rings. The van der Waals surface area contributed by atoms with E-state index in [1.54, 1.807) is 5.32 Å². The van der Waals surface area contributed by atoms with Gasteiger partial charge in [0.05, 0.1) is 31.6 Å². The van der Waals surface area contributed by atoms with Crippen molar-refractivity contribution in [2.24, 2.45) is 0 Å². The predicted octanol–water partition coefficient (Wildman–Crippen LogP) is 8.07. The van der Waals surface area contributed by atoms with E-state index in [2.05, 4.69) is 15.9 Å². The van der Waals surface area contributed by atoms with Crippen molar-refractivity contribution in [3.8, 4) is 0 Å². The molecule has 0 aromatic heterocycles. The van der Waals surface area contributed by atoms with Crippen LogP contribution in [0.4, 0.5) is 39.5 Å². The molecule has 0 bridgehead atoms. The van der Waals surface area contributed by atoms with Crippen LogP contribution in [0, 0.1) is 0 Å². The second-order valence-electron chi connectivity index (χ2n) is 8.81. The molecule has 1 unspecified atom stereocenters. The summed E-state index contributed by atoms with van der Waals surface area (Å²) in [5.74, 6) is -4.91. The van der Waals surface area contributed by atoms with Gasteiger partial charge in [0, 0.05) is 0 Å². The topological polar surface area (TPSA) is 58.2 Å². The lowest BCUT2D eigenvalue weighted by atomic mass is 9.96. The monoisotopic (exact) mass is 684 g/mol. The molecule has 0 aliphatic heterocycles. The van der Waals surface area contributed by atoms with Crippen molar-refractivity contribution in [1.82, 2.24) is 10.6 Å². The first-order valence-corrected chi connectivity index (χ1v) is 12.6. The van der Waals surface area contributed by atoms with Crippen LogP contribution in [0.15, 0.2) is 40.9 Å². The van der Waals surface area contributed by atoms with Crippen LogP contribution < -0.4 is 10.6 Å². The van der Waals surface area contributed by atoms with Crippen LogP contribution >= 0.6 is 39.1 Å². The Kier molecular flexibility index (Phi) is 9.17. The average Bonchev–Trinajstić information content (AvgIpc) is 3.59. The van der Waals surface area contributed by atoms with E-state index in [-0.39, 0.29) is 38.5 Å². The van der Waals surface area contributed by atoms with Crippen LogP contribution in [0.25, 0.3) is 6.08 Å². The second-order valence-corrected chi connectivity index (χ2v) is 10.4. The van der Waals surface area contributed by atoms with Gasteiger partial charge in [0.25, 0.3) is 5.91 Å². The third kappa shape index (κ3) is 7.84. The molecule has 40 heavy (non-hydrogen) atoms. The summed E-state index contributed by atoms with van der Waals surface area (Å²) in [6.45, 7) is -1.70. The summed E-state index contributed by atoms with van der Waals surface area (Å²) < 4.78 is 120. The Balaban J connectivity index is 1.90. The second kappa shape index (κ2) is 11.4. The van der Waals surface area contributed by atoms with E-state index in [1.807, 2.05) is 5.32 Å². The zero-order valence-corrected chi connectivity index (χ0v) is 22.7. The van der Waals surface area contributed by atoms with Crippen LogP contribution in [0.5, 0.6) is 0 Å². The van der Waals surface area contributed by atoms with Gasteiger partial charge in [0.15, 0.2) is 0 Å². The fourth-order valence-corrected chi connectivity index (χ4v) is 4.37. The summed E-state index contributed by atoms with van der Waals surface area (Å²) in [4.78, 5) is 24.8. The highest BCUT2D eigenvalue weighted by molar-refractivity contribution is 9.10. The van der Waals surface area contributed by atoms with Gasteiger partial charge in [-0.05, 0) is 64.2 Å². The maximum absolute atomic E-state index is 13.8. The summed E-state index contributed by atoms with van der Waals surface area (Å²) in [7, 11) is 0. The number of amides is 2. The van der Waals surface area contributed by atoms with E-state index in [4.69, 9.17) is 23.2 Å². The number of carbonyl (C=O) groups excluding carboxylic acids is 2. The van der Waals surface area contributed by atoms with Crippen molar-refractivity contribution in [3.63, 3.8) is 0 Å². The zero-order chi connectivity index (χ0) is 30.3. The number of hydrogen-bond acceptors (Lipinski definition) is 2. The maximum atomic E-state index is 13.8. The van der Waals surface area contributed by atoms with Gasteiger partial charge in [-0.15, -0.1) is 0 Å². The first-order chi connectivity index (χ1) is 18.2. The lowest BCUT2D eigenvalue weighted by Crippen LogP contribution is -2.51. The number of nitrogens with one attached hydrogen (secondary N) is 2. The van der Waals surface area contributed by atoms with E-state index in [0.29, 0.717) is 18.2 Å². The molecule has 2 aromatic carbocycles. The number of allylic oxidation sites excluding steroid dienone is 1. The van der Waals surface area contributed by atoms with Crippen LogP contribution in [-0.2, 0) is 11.0 Å². The fourth-order valence-electron chi connectivity index (χ4n) is 3.64. The summed E-state index contributed by atoms with van der Waals surface area (Å²) >= 11 is 14.8. The number of rotatable bonds is 7. The van der Waals surface area contributed by atoms with E-state index >= 15 is 0 Å². The quantitative estimate of drug-likeness (QED) is 0.229. The number of halogens is 12. The van der Waals surface area contributed by atoms with E-state index in [1.165, 1.54) is 0 Å². The van der Waals surface area contributed by atoms with Gasteiger partial charge in [0.1, 0.15) is 12.1 Å². The molecular weight excluding hydrogens is 670 g/mol. The van der Waals surface area contributed by atoms with Crippen molar-refractivity contribution in [1.29, 1.82) is 0 Å². The van der Waals surface area contributed by atoms with Crippen molar-refractivity contribution < 1.29 is 49.1 Å². The van der Waals surface area contributed by atoms with Gasteiger partial charge in [-0.25, -0.2) is 0 Å². The fraction of sp³-hybridized carbons (Fsp3) is 0.333. The third-order valence-electron chi connectivity index (χ3n) is 5.78. The van der Waals surface area contributed by atoms with Crippen molar-refractivity contribution >= 4 is 57.0 Å². The number of benzene rings is 2. The maximum Gasteiger partial charge on any atom is 0.417 e. The van der Waals surface area contributed by atoms with Crippen molar-refractivity contribution in [2.45, 2.75) is 42.8 Å². The molecule has 1 aliphatic rings. The minimum Gasteiger partial charge on any atom is -0.345 e. The molecule has 1 aliphatic carbocycles. The van der Waals surface area contributed by atoms with E-state index < -0.39 is 59.5 Å². The number of carbonyl (C=O) groups is 2. The highest BCUT2D eigenvalue weighted by Crippen LogP contribution is 2.42. The van der Waals surface area contributed by atoms with Gasteiger partial charge in [-0.3, -0.25) is 9.59 Å². The lowest BCUT2D eigenvalue weighted by Gasteiger charge is -2.20. The van der Waals surface area contributed by atoms with Crippen LogP contribution in [0.1, 0.15) is 45.8 Å². The third-order valence-corrected chi connectivity index (χ3v) is 7.69. The molecule has 0 heterocycles. The van der Waals surface area contributed by atoms with Crippen molar-refractivity contribution in [3.05, 3.63) is 73.2 Å². The van der Waals surface area contributed by atoms with Gasteiger partial charge in [-0.2, -0.15) is 39.5 Å². The molecule has 1 atom stereocenters.